The van der Waals surface area contributed by atoms with Crippen LogP contribution in [0.4, 0.5) is 11.4 Å². The van der Waals surface area contributed by atoms with Crippen molar-refractivity contribution in [2.24, 2.45) is 10.2 Å². The molecule has 1 heterocycles. The first kappa shape index (κ1) is 24.5. The van der Waals surface area contributed by atoms with Crippen LogP contribution in [0.25, 0.3) is 17.0 Å². The normalized spacial score (nSPS) is 11.7. The van der Waals surface area contributed by atoms with Crippen LogP contribution in [0, 0.1) is 17.0 Å². The zero-order chi connectivity index (χ0) is 25.8. The van der Waals surface area contributed by atoms with E-state index in [-0.39, 0.29) is 23.0 Å². The average Bonchev–Trinajstić information content (AvgIpc) is 3.18. The Morgan fingerprint density at radius 2 is 1.81 bits per heavy atom. The molecule has 2 amide bonds. The molecule has 4 aromatic rings. The first-order chi connectivity index (χ1) is 17.2. The number of benzene rings is 3. The number of hydrogen-bond acceptors (Lipinski definition) is 6. The maximum absolute atomic E-state index is 13.0. The zero-order valence-corrected chi connectivity index (χ0v) is 20.3. The van der Waals surface area contributed by atoms with Gasteiger partial charge in [0, 0.05) is 27.6 Å². The van der Waals surface area contributed by atoms with E-state index in [1.807, 2.05) is 13.0 Å². The van der Waals surface area contributed by atoms with Crippen LogP contribution in [0.5, 0.6) is 5.88 Å². The highest BCUT2D eigenvalue weighted by atomic mass is 79.9. The van der Waals surface area contributed by atoms with Crippen LogP contribution in [-0.2, 0) is 4.79 Å². The highest BCUT2D eigenvalue weighted by Gasteiger charge is 2.17. The second kappa shape index (κ2) is 10.3. The Morgan fingerprint density at radius 1 is 1.11 bits per heavy atom. The summed E-state index contributed by atoms with van der Waals surface area (Å²) in [7, 11) is 0. The Labute approximate surface area is 212 Å². The topological polar surface area (TPSA) is 150 Å². The molecule has 0 aliphatic carbocycles. The van der Waals surface area contributed by atoms with E-state index in [1.165, 1.54) is 30.3 Å². The molecule has 0 aliphatic rings. The van der Waals surface area contributed by atoms with Crippen LogP contribution in [0.2, 0.25) is 0 Å². The molecule has 0 spiro atoms. The Hall–Kier alpha value is -4.64. The first-order valence-electron chi connectivity index (χ1n) is 10.5. The van der Waals surface area contributed by atoms with Crippen molar-refractivity contribution in [2.75, 3.05) is 0 Å². The number of carbonyl (C=O) groups is 2. The number of non-ortho nitro benzene ring substituents is 1. The van der Waals surface area contributed by atoms with E-state index in [0.29, 0.717) is 22.0 Å². The number of H-pyrrole nitrogens is 1. The summed E-state index contributed by atoms with van der Waals surface area (Å²) in [6.45, 7) is 1.85. The number of amides is 2. The fraction of sp³-hybridized carbons (Fsp3) is 0.0400. The maximum atomic E-state index is 13.0. The van der Waals surface area contributed by atoms with Crippen LogP contribution >= 0.6 is 15.9 Å². The van der Waals surface area contributed by atoms with Gasteiger partial charge in [0.05, 0.1) is 10.4 Å². The standard InChI is InChI=1S/C25H18BrN5O5/c1-14-11-17(26)13-19-21(14)28-25(34)22(19)29-30-24(33)20(27-23(32)16-5-3-2-4-6-16)12-15-7-9-18(10-8-15)31(35)36/h2-13,28,34H,1H3,(H,27,32)/b20-12-,30-29?. The molecule has 0 saturated heterocycles. The van der Waals surface area contributed by atoms with Crippen LogP contribution in [-0.4, -0.2) is 26.8 Å². The van der Waals surface area contributed by atoms with Gasteiger partial charge in [-0.1, -0.05) is 34.1 Å². The lowest BCUT2D eigenvalue weighted by atomic mass is 10.1. The third-order valence-electron chi connectivity index (χ3n) is 5.19. The molecule has 4 rings (SSSR count). The molecule has 0 atom stereocenters. The maximum Gasteiger partial charge on any atom is 0.311 e. The fourth-order valence-corrected chi connectivity index (χ4v) is 4.02. The van der Waals surface area contributed by atoms with Gasteiger partial charge in [-0.2, -0.15) is 0 Å². The van der Waals surface area contributed by atoms with Crippen molar-refractivity contribution in [3.05, 3.63) is 104 Å². The fourth-order valence-electron chi connectivity index (χ4n) is 3.45. The zero-order valence-electron chi connectivity index (χ0n) is 18.7. The SMILES string of the molecule is Cc1cc(Br)cc2c(N=NC(=O)/C(=C/c3ccc([N+](=O)[O-])cc3)NC(=O)c3ccccc3)c(O)[nH]c12. The molecule has 0 fully saturated rings. The molecule has 3 N–H and O–H groups in total. The van der Waals surface area contributed by atoms with Crippen LogP contribution in [0.3, 0.4) is 0 Å². The number of fused-ring (bicyclic) bond motifs is 1. The van der Waals surface area contributed by atoms with Gasteiger partial charge in [0.15, 0.2) is 5.69 Å². The van der Waals surface area contributed by atoms with E-state index in [2.05, 4.69) is 36.5 Å². The Morgan fingerprint density at radius 3 is 2.47 bits per heavy atom. The van der Waals surface area contributed by atoms with Gasteiger partial charge in [0.25, 0.3) is 11.6 Å². The van der Waals surface area contributed by atoms with Crippen molar-refractivity contribution in [1.29, 1.82) is 0 Å². The van der Waals surface area contributed by atoms with Gasteiger partial charge < -0.3 is 15.4 Å². The summed E-state index contributed by atoms with van der Waals surface area (Å²) in [6.07, 6.45) is 1.34. The lowest BCUT2D eigenvalue weighted by molar-refractivity contribution is -0.384. The van der Waals surface area contributed by atoms with E-state index in [4.69, 9.17) is 0 Å². The number of nitrogens with one attached hydrogen (secondary N) is 2. The number of rotatable bonds is 6. The lowest BCUT2D eigenvalue weighted by Gasteiger charge is -2.07. The molecule has 10 nitrogen and oxygen atoms in total. The summed E-state index contributed by atoms with van der Waals surface area (Å²) >= 11 is 3.40. The third-order valence-corrected chi connectivity index (χ3v) is 5.65. The molecular formula is C25H18BrN5O5. The summed E-state index contributed by atoms with van der Waals surface area (Å²) in [5.41, 5.74) is 1.94. The second-order valence-electron chi connectivity index (χ2n) is 7.70. The summed E-state index contributed by atoms with van der Waals surface area (Å²) in [5, 5.41) is 32.0. The monoisotopic (exact) mass is 547 g/mol. The van der Waals surface area contributed by atoms with Gasteiger partial charge in [-0.15, -0.1) is 10.2 Å². The van der Waals surface area contributed by atoms with E-state index in [9.17, 15) is 24.8 Å². The van der Waals surface area contributed by atoms with Crippen LogP contribution in [0.15, 0.2) is 87.1 Å². The van der Waals surface area contributed by atoms with Gasteiger partial charge in [0.2, 0.25) is 5.88 Å². The van der Waals surface area contributed by atoms with E-state index in [1.54, 1.807) is 36.4 Å². The molecule has 0 bridgehead atoms. The van der Waals surface area contributed by atoms with Gasteiger partial charge in [-0.25, -0.2) is 0 Å². The second-order valence-corrected chi connectivity index (χ2v) is 8.62. The number of carbonyl (C=O) groups excluding carboxylic acids is 2. The number of nitro groups is 1. The van der Waals surface area contributed by atoms with Gasteiger partial charge >= 0.3 is 5.91 Å². The van der Waals surface area contributed by atoms with E-state index in [0.717, 1.165) is 10.0 Å². The van der Waals surface area contributed by atoms with Crippen molar-refractivity contribution in [2.45, 2.75) is 6.92 Å². The number of aryl methyl sites for hydroxylation is 1. The minimum absolute atomic E-state index is 0.0619. The summed E-state index contributed by atoms with van der Waals surface area (Å²) in [6, 6.07) is 17.3. The molecule has 1 aromatic heterocycles. The number of azo groups is 1. The quantitative estimate of drug-likeness (QED) is 0.118. The van der Waals surface area contributed by atoms with Gasteiger partial charge in [-0.05, 0) is 60.5 Å². The third kappa shape index (κ3) is 5.36. The number of aromatic hydroxyl groups is 1. The lowest BCUT2D eigenvalue weighted by Crippen LogP contribution is -2.26. The summed E-state index contributed by atoms with van der Waals surface area (Å²) in [5.74, 6) is -1.71. The molecule has 36 heavy (non-hydrogen) atoms. The molecule has 0 radical (unpaired) electrons. The Kier molecular flexibility index (Phi) is 7.02. The Bertz CT molecular complexity index is 1540. The van der Waals surface area contributed by atoms with E-state index < -0.39 is 16.7 Å². The van der Waals surface area contributed by atoms with Gasteiger partial charge in [-0.3, -0.25) is 19.7 Å². The number of hydrogen-bond donors (Lipinski definition) is 3. The average molecular weight is 548 g/mol. The summed E-state index contributed by atoms with van der Waals surface area (Å²) in [4.78, 5) is 38.9. The molecule has 11 heteroatoms. The van der Waals surface area contributed by atoms with E-state index >= 15 is 0 Å². The minimum Gasteiger partial charge on any atom is -0.493 e. The highest BCUT2D eigenvalue weighted by Crippen LogP contribution is 2.38. The van der Waals surface area contributed by atoms with Crippen molar-refractivity contribution < 1.29 is 19.6 Å². The predicted octanol–water partition coefficient (Wildman–Crippen LogP) is 5.93. The van der Waals surface area contributed by atoms with Crippen molar-refractivity contribution in [3.8, 4) is 5.88 Å². The molecule has 0 saturated carbocycles. The van der Waals surface area contributed by atoms with Gasteiger partial charge in [0.1, 0.15) is 5.70 Å². The number of aromatic amines is 1. The molecular weight excluding hydrogens is 530 g/mol. The smallest absolute Gasteiger partial charge is 0.311 e. The first-order valence-corrected chi connectivity index (χ1v) is 11.3. The highest BCUT2D eigenvalue weighted by molar-refractivity contribution is 9.10. The number of aromatic nitrogens is 1. The number of nitro benzene ring substituents is 1. The number of nitrogens with zero attached hydrogens (tertiary/aromatic N) is 3. The van der Waals surface area contributed by atoms with Crippen LogP contribution in [0.1, 0.15) is 21.5 Å². The predicted molar refractivity (Wildman–Crippen MR) is 137 cm³/mol. The summed E-state index contributed by atoms with van der Waals surface area (Å²) < 4.78 is 0.753. The van der Waals surface area contributed by atoms with Crippen molar-refractivity contribution in [1.82, 2.24) is 10.3 Å². The largest absolute Gasteiger partial charge is 0.493 e. The molecule has 0 aliphatic heterocycles. The van der Waals surface area contributed by atoms with Crippen molar-refractivity contribution >= 4 is 56.1 Å². The van der Waals surface area contributed by atoms with Crippen LogP contribution < -0.4 is 5.32 Å². The van der Waals surface area contributed by atoms with Crippen molar-refractivity contribution in [3.63, 3.8) is 0 Å². The molecule has 180 valence electrons. The molecule has 3 aromatic carbocycles. The Balaban J connectivity index is 1.69. The molecule has 0 unspecified atom stereocenters. The minimum atomic E-state index is -0.891. The number of halogens is 1.